The molecule has 0 amide bonds. The maximum atomic E-state index is 13.6. The normalized spacial score (nSPS) is 26.8. The number of thioether (sulfide) groups is 1. The second-order valence-corrected chi connectivity index (χ2v) is 13.8. The van der Waals surface area contributed by atoms with Crippen LogP contribution in [0.3, 0.4) is 0 Å². The van der Waals surface area contributed by atoms with E-state index in [9.17, 15) is 12.8 Å². The van der Waals surface area contributed by atoms with Gasteiger partial charge in [-0.05, 0) is 56.0 Å². The van der Waals surface area contributed by atoms with Gasteiger partial charge < -0.3 is 9.88 Å². The van der Waals surface area contributed by atoms with Crippen LogP contribution in [0, 0.1) is 5.82 Å². The largest absolute Gasteiger partial charge is 0.340 e. The van der Waals surface area contributed by atoms with Gasteiger partial charge >= 0.3 is 0 Å². The van der Waals surface area contributed by atoms with Crippen LogP contribution in [0.4, 0.5) is 10.2 Å². The highest BCUT2D eigenvalue weighted by Gasteiger charge is 2.43. The van der Waals surface area contributed by atoms with E-state index in [1.54, 1.807) is 16.7 Å². The zero-order valence-electron chi connectivity index (χ0n) is 21.7. The Bertz CT molecular complexity index is 1420. The summed E-state index contributed by atoms with van der Waals surface area (Å²) >= 11 is 1.29. The first-order chi connectivity index (χ1) is 18.9. The summed E-state index contributed by atoms with van der Waals surface area (Å²) in [6.07, 6.45) is 9.98. The van der Waals surface area contributed by atoms with E-state index in [1.165, 1.54) is 23.9 Å². The molecule has 6 rings (SSSR count). The van der Waals surface area contributed by atoms with Crippen molar-refractivity contribution in [3.05, 3.63) is 78.3 Å². The van der Waals surface area contributed by atoms with E-state index in [2.05, 4.69) is 36.7 Å². The smallest absolute Gasteiger partial charge is 0.231 e. The number of fused-ring (bicyclic) bond motifs is 1. The molecule has 1 N–H and O–H groups in total. The number of piperidine rings is 1. The molecule has 2 fully saturated rings. The van der Waals surface area contributed by atoms with Gasteiger partial charge in [0.25, 0.3) is 0 Å². The number of rotatable bonds is 7. The zero-order valence-corrected chi connectivity index (χ0v) is 23.3. The van der Waals surface area contributed by atoms with E-state index in [-0.39, 0.29) is 29.4 Å². The van der Waals surface area contributed by atoms with Gasteiger partial charge in [0.05, 0.1) is 24.1 Å². The molecule has 2 saturated heterocycles. The molecule has 5 unspecified atom stereocenters. The third kappa shape index (κ3) is 5.34. The van der Waals surface area contributed by atoms with Crippen molar-refractivity contribution in [2.45, 2.75) is 54.4 Å². The Balaban J connectivity index is 1.13. The second kappa shape index (κ2) is 11.0. The fourth-order valence-electron chi connectivity index (χ4n) is 5.85. The number of anilines is 1. The molecular formula is C27H32FN7O2S2. The highest BCUT2D eigenvalue weighted by atomic mass is 32.3. The molecule has 1 aromatic carbocycles. The van der Waals surface area contributed by atoms with Crippen molar-refractivity contribution < 1.29 is 12.8 Å². The third-order valence-electron chi connectivity index (χ3n) is 7.91. The Kier molecular flexibility index (Phi) is 7.45. The predicted octanol–water partition coefficient (Wildman–Crippen LogP) is 4.11. The first kappa shape index (κ1) is 26.4. The molecule has 0 radical (unpaired) electrons. The number of imidazole rings is 1. The molecule has 0 spiro atoms. The van der Waals surface area contributed by atoms with Crippen LogP contribution >= 0.6 is 11.8 Å². The predicted molar refractivity (Wildman–Crippen MR) is 152 cm³/mol. The number of halogens is 1. The van der Waals surface area contributed by atoms with Gasteiger partial charge in [-0.25, -0.2) is 22.8 Å². The molecule has 0 aliphatic carbocycles. The second-order valence-electron chi connectivity index (χ2n) is 10.2. The molecule has 9 nitrogen and oxygen atoms in total. The highest BCUT2D eigenvalue weighted by Crippen LogP contribution is 2.39. The Hall–Kier alpha value is -2.80. The Morgan fingerprint density at radius 1 is 1.13 bits per heavy atom. The summed E-state index contributed by atoms with van der Waals surface area (Å²) in [7, 11) is -3.56. The number of nitrogens with zero attached hydrogens (tertiary/aromatic N) is 6. The average molecular weight is 570 g/mol. The zero-order chi connectivity index (χ0) is 27.0. The molecule has 12 heteroatoms. The quantitative estimate of drug-likeness (QED) is 0.458. The van der Waals surface area contributed by atoms with E-state index < -0.39 is 14.6 Å². The standard InChI is InChI=1S/C27H32FN7O2S2/c1-19(20-8-10-21(28)11-9-20)35-18-29-15-24(35)23-6-4-5-22-17-33(13-14-34(22)23)39(36,37)26-16-31-27(38-26)32-25-7-2-3-12-30-25/h2-3,7-12,15-16,18-19,22-23,26-27H,4-6,13-14,17H2,1H3,(H,30,32). The number of hydrogen-bond acceptors (Lipinski definition) is 8. The summed E-state index contributed by atoms with van der Waals surface area (Å²) in [6.45, 7) is 3.68. The van der Waals surface area contributed by atoms with Gasteiger partial charge in [0.15, 0.2) is 10.1 Å². The number of sulfonamides is 1. The fraction of sp³-hybridized carbons (Fsp3) is 0.444. The van der Waals surface area contributed by atoms with Crippen LogP contribution in [-0.4, -0.2) is 74.1 Å². The highest BCUT2D eigenvalue weighted by molar-refractivity contribution is 8.14. The first-order valence-electron chi connectivity index (χ1n) is 13.3. The molecule has 5 atom stereocenters. The van der Waals surface area contributed by atoms with Crippen LogP contribution in [0.1, 0.15) is 49.5 Å². The molecular weight excluding hydrogens is 537 g/mol. The lowest BCUT2D eigenvalue weighted by molar-refractivity contribution is 0.0321. The number of nitrogens with one attached hydrogen (secondary N) is 1. The van der Waals surface area contributed by atoms with Crippen LogP contribution in [0.2, 0.25) is 0 Å². The van der Waals surface area contributed by atoms with Crippen molar-refractivity contribution in [2.75, 3.05) is 25.0 Å². The maximum absolute atomic E-state index is 13.6. The van der Waals surface area contributed by atoms with E-state index >= 15 is 0 Å². The number of piperazine rings is 1. The van der Waals surface area contributed by atoms with Crippen molar-refractivity contribution in [1.82, 2.24) is 23.7 Å². The topological polar surface area (TPSA) is 95.7 Å². The molecule has 0 bridgehead atoms. The molecule has 5 heterocycles. The lowest BCUT2D eigenvalue weighted by Crippen LogP contribution is -2.58. The first-order valence-corrected chi connectivity index (χ1v) is 15.7. The lowest BCUT2D eigenvalue weighted by atomic mass is 9.92. The van der Waals surface area contributed by atoms with E-state index in [1.807, 2.05) is 42.9 Å². The Labute approximate surface area is 232 Å². The van der Waals surface area contributed by atoms with Gasteiger partial charge in [-0.1, -0.05) is 30.0 Å². The number of hydrogen-bond donors (Lipinski definition) is 1. The van der Waals surface area contributed by atoms with E-state index in [0.29, 0.717) is 25.5 Å². The lowest BCUT2D eigenvalue weighted by Gasteiger charge is -2.48. The van der Waals surface area contributed by atoms with Crippen molar-refractivity contribution in [1.29, 1.82) is 0 Å². The molecule has 3 aromatic rings. The molecule has 3 aliphatic rings. The van der Waals surface area contributed by atoms with Crippen molar-refractivity contribution >= 4 is 33.8 Å². The van der Waals surface area contributed by atoms with Crippen LogP contribution in [0.5, 0.6) is 0 Å². The monoisotopic (exact) mass is 569 g/mol. The van der Waals surface area contributed by atoms with Gasteiger partial charge in [0, 0.05) is 44.3 Å². The van der Waals surface area contributed by atoms with E-state index in [4.69, 9.17) is 0 Å². The van der Waals surface area contributed by atoms with Gasteiger partial charge in [-0.2, -0.15) is 4.31 Å². The number of aromatic nitrogens is 3. The van der Waals surface area contributed by atoms with Gasteiger partial charge in [-0.15, -0.1) is 0 Å². The van der Waals surface area contributed by atoms with Crippen molar-refractivity contribution in [3.8, 4) is 0 Å². The molecule has 206 valence electrons. The van der Waals surface area contributed by atoms with Crippen molar-refractivity contribution in [2.24, 2.45) is 4.99 Å². The summed E-state index contributed by atoms with van der Waals surface area (Å²) in [4.78, 5) is 15.6. The fourth-order valence-corrected chi connectivity index (χ4v) is 9.05. The number of aliphatic imine (C=N–C) groups is 1. The minimum absolute atomic E-state index is 0.0106. The van der Waals surface area contributed by atoms with Gasteiger partial charge in [0.2, 0.25) is 10.0 Å². The van der Waals surface area contributed by atoms with Gasteiger partial charge in [-0.3, -0.25) is 9.89 Å². The summed E-state index contributed by atoms with van der Waals surface area (Å²) in [5.41, 5.74) is 1.75. The van der Waals surface area contributed by atoms with E-state index in [0.717, 1.165) is 30.5 Å². The molecule has 2 aromatic heterocycles. The third-order valence-corrected chi connectivity index (χ3v) is 11.6. The molecule has 3 aliphatic heterocycles. The van der Waals surface area contributed by atoms with Crippen LogP contribution < -0.4 is 5.32 Å². The van der Waals surface area contributed by atoms with Crippen LogP contribution in [0.15, 0.2) is 66.2 Å². The Morgan fingerprint density at radius 3 is 2.77 bits per heavy atom. The maximum Gasteiger partial charge on any atom is 0.231 e. The van der Waals surface area contributed by atoms with Gasteiger partial charge in [0.1, 0.15) is 11.6 Å². The molecule has 0 saturated carbocycles. The van der Waals surface area contributed by atoms with Crippen molar-refractivity contribution in [3.63, 3.8) is 0 Å². The SMILES string of the molecule is CC(c1ccc(F)cc1)n1cncc1C1CCCC2CN(S(=O)(=O)C3C=NC(Nc4ccccn4)S3)CCN21. The minimum atomic E-state index is -3.56. The summed E-state index contributed by atoms with van der Waals surface area (Å²) in [5, 5.41) is 3.18. The molecule has 39 heavy (non-hydrogen) atoms. The summed E-state index contributed by atoms with van der Waals surface area (Å²) in [5.74, 6) is 0.419. The summed E-state index contributed by atoms with van der Waals surface area (Å²) in [6, 6.07) is 12.5. The van der Waals surface area contributed by atoms with Crippen LogP contribution in [0.25, 0.3) is 0 Å². The minimum Gasteiger partial charge on any atom is -0.340 e. The average Bonchev–Trinajstić information content (AvgIpc) is 3.64. The summed E-state index contributed by atoms with van der Waals surface area (Å²) < 4.78 is 43.8. The Morgan fingerprint density at radius 2 is 1.97 bits per heavy atom. The number of benzene rings is 1. The number of pyridine rings is 1. The van der Waals surface area contributed by atoms with Crippen LogP contribution in [-0.2, 0) is 10.0 Å².